The smallest absolute Gasteiger partial charge is 0.176 e. The van der Waals surface area contributed by atoms with Crippen LogP contribution in [0, 0.1) is 6.92 Å². The minimum Gasteiger partial charge on any atom is -0.493 e. The molecule has 0 unspecified atom stereocenters. The van der Waals surface area contributed by atoms with Crippen LogP contribution in [0.3, 0.4) is 0 Å². The van der Waals surface area contributed by atoms with Gasteiger partial charge in [0.2, 0.25) is 0 Å². The SMILES string of the molecule is CNCC(=O)c1ccc(OC)c(OC)c1C. The Morgan fingerprint density at radius 3 is 2.50 bits per heavy atom. The fourth-order valence-electron chi connectivity index (χ4n) is 1.64. The van der Waals surface area contributed by atoms with Crippen LogP contribution in [-0.4, -0.2) is 33.6 Å². The van der Waals surface area contributed by atoms with Gasteiger partial charge in [0.25, 0.3) is 0 Å². The molecule has 1 aromatic rings. The van der Waals surface area contributed by atoms with Gasteiger partial charge in [-0.2, -0.15) is 0 Å². The van der Waals surface area contributed by atoms with Crippen LogP contribution in [0.4, 0.5) is 0 Å². The Balaban J connectivity index is 3.18. The van der Waals surface area contributed by atoms with Crippen LogP contribution in [0.2, 0.25) is 0 Å². The number of carbonyl (C=O) groups excluding carboxylic acids is 1. The lowest BCUT2D eigenvalue weighted by molar-refractivity contribution is 0.0992. The zero-order valence-corrected chi connectivity index (χ0v) is 10.1. The number of Topliss-reactive ketones (excluding diaryl/α,β-unsaturated/α-hetero) is 1. The summed E-state index contributed by atoms with van der Waals surface area (Å²) >= 11 is 0. The van der Waals surface area contributed by atoms with E-state index < -0.39 is 0 Å². The highest BCUT2D eigenvalue weighted by atomic mass is 16.5. The van der Waals surface area contributed by atoms with Gasteiger partial charge in [0.05, 0.1) is 20.8 Å². The third-order valence-corrected chi connectivity index (χ3v) is 2.43. The summed E-state index contributed by atoms with van der Waals surface area (Å²) in [4.78, 5) is 11.8. The molecule has 0 aliphatic rings. The van der Waals surface area contributed by atoms with Gasteiger partial charge in [-0.3, -0.25) is 4.79 Å². The van der Waals surface area contributed by atoms with Crippen LogP contribution in [0.15, 0.2) is 12.1 Å². The second-order valence-electron chi connectivity index (χ2n) is 3.43. The predicted octanol–water partition coefficient (Wildman–Crippen LogP) is 1.41. The van der Waals surface area contributed by atoms with Gasteiger partial charge in [0.15, 0.2) is 17.3 Å². The lowest BCUT2D eigenvalue weighted by Gasteiger charge is -2.13. The molecule has 0 saturated carbocycles. The van der Waals surface area contributed by atoms with Crippen LogP contribution in [-0.2, 0) is 0 Å². The molecule has 0 atom stereocenters. The summed E-state index contributed by atoms with van der Waals surface area (Å²) in [7, 11) is 4.89. The maximum Gasteiger partial charge on any atom is 0.176 e. The summed E-state index contributed by atoms with van der Waals surface area (Å²) in [5.74, 6) is 1.30. The number of ether oxygens (including phenoxy) is 2. The van der Waals surface area contributed by atoms with Crippen molar-refractivity contribution in [3.8, 4) is 11.5 Å². The molecule has 0 fully saturated rings. The van der Waals surface area contributed by atoms with Gasteiger partial charge >= 0.3 is 0 Å². The van der Waals surface area contributed by atoms with E-state index in [0.29, 0.717) is 23.6 Å². The molecule has 16 heavy (non-hydrogen) atoms. The summed E-state index contributed by atoms with van der Waals surface area (Å²) in [6, 6.07) is 3.51. The number of benzene rings is 1. The molecule has 0 heterocycles. The second-order valence-corrected chi connectivity index (χ2v) is 3.43. The number of rotatable bonds is 5. The predicted molar refractivity (Wildman–Crippen MR) is 62.5 cm³/mol. The van der Waals surface area contributed by atoms with Gasteiger partial charge in [0, 0.05) is 11.1 Å². The summed E-state index contributed by atoms with van der Waals surface area (Å²) in [5, 5.41) is 2.84. The van der Waals surface area contributed by atoms with Crippen LogP contribution >= 0.6 is 0 Å². The maximum absolute atomic E-state index is 11.8. The Labute approximate surface area is 95.6 Å². The minimum absolute atomic E-state index is 0.0425. The molecule has 0 amide bonds. The first kappa shape index (κ1) is 12.5. The molecule has 0 aliphatic carbocycles. The van der Waals surface area contributed by atoms with Crippen molar-refractivity contribution in [3.05, 3.63) is 23.3 Å². The minimum atomic E-state index is 0.0425. The van der Waals surface area contributed by atoms with Gasteiger partial charge in [-0.05, 0) is 26.1 Å². The number of carbonyl (C=O) groups is 1. The summed E-state index contributed by atoms with van der Waals surface area (Å²) in [6.45, 7) is 2.17. The topological polar surface area (TPSA) is 47.6 Å². The number of nitrogens with one attached hydrogen (secondary N) is 1. The van der Waals surface area contributed by atoms with Crippen LogP contribution in [0.1, 0.15) is 15.9 Å². The second kappa shape index (κ2) is 5.51. The third kappa shape index (κ3) is 2.33. The highest BCUT2D eigenvalue weighted by molar-refractivity contribution is 5.99. The lowest BCUT2D eigenvalue weighted by atomic mass is 10.0. The molecule has 1 rings (SSSR count). The molecule has 1 N–H and O–H groups in total. The van der Waals surface area contributed by atoms with E-state index in [1.54, 1.807) is 33.4 Å². The van der Waals surface area contributed by atoms with Crippen molar-refractivity contribution in [1.29, 1.82) is 0 Å². The Hall–Kier alpha value is -1.55. The summed E-state index contributed by atoms with van der Waals surface area (Å²) < 4.78 is 10.4. The molecule has 0 saturated heterocycles. The van der Waals surface area contributed by atoms with Crippen LogP contribution < -0.4 is 14.8 Å². The largest absolute Gasteiger partial charge is 0.493 e. The molecule has 88 valence electrons. The molecule has 4 nitrogen and oxygen atoms in total. The van der Waals surface area contributed by atoms with E-state index in [-0.39, 0.29) is 5.78 Å². The van der Waals surface area contributed by atoms with Gasteiger partial charge < -0.3 is 14.8 Å². The summed E-state index contributed by atoms with van der Waals surface area (Å²) in [6.07, 6.45) is 0. The van der Waals surface area contributed by atoms with Crippen molar-refractivity contribution in [3.63, 3.8) is 0 Å². The first-order chi connectivity index (χ1) is 7.65. The van der Waals surface area contributed by atoms with E-state index in [4.69, 9.17) is 9.47 Å². The van der Waals surface area contributed by atoms with Crippen molar-refractivity contribution < 1.29 is 14.3 Å². The first-order valence-electron chi connectivity index (χ1n) is 5.05. The van der Waals surface area contributed by atoms with Gasteiger partial charge in [-0.1, -0.05) is 0 Å². The van der Waals surface area contributed by atoms with E-state index in [9.17, 15) is 4.79 Å². The van der Waals surface area contributed by atoms with Crippen molar-refractivity contribution in [2.24, 2.45) is 0 Å². The molecule has 1 aromatic carbocycles. The van der Waals surface area contributed by atoms with Gasteiger partial charge in [-0.25, -0.2) is 0 Å². The van der Waals surface area contributed by atoms with Crippen molar-refractivity contribution in [1.82, 2.24) is 5.32 Å². The first-order valence-corrected chi connectivity index (χ1v) is 5.05. The number of methoxy groups -OCH3 is 2. The quantitative estimate of drug-likeness (QED) is 0.767. The van der Waals surface area contributed by atoms with E-state index in [2.05, 4.69) is 5.32 Å². The highest BCUT2D eigenvalue weighted by Crippen LogP contribution is 2.32. The van der Waals surface area contributed by atoms with E-state index in [1.807, 2.05) is 6.92 Å². The molecule has 0 spiro atoms. The molecule has 0 bridgehead atoms. The Kier molecular flexibility index (Phi) is 4.31. The van der Waals surface area contributed by atoms with Crippen LogP contribution in [0.5, 0.6) is 11.5 Å². The molecule has 0 radical (unpaired) electrons. The number of hydrogen-bond acceptors (Lipinski definition) is 4. The standard InChI is InChI=1S/C12H17NO3/c1-8-9(10(14)7-13-2)5-6-11(15-3)12(8)16-4/h5-6,13H,7H2,1-4H3. The Morgan fingerprint density at radius 2 is 2.00 bits per heavy atom. The molecule has 4 heteroatoms. The zero-order valence-electron chi connectivity index (χ0n) is 10.1. The summed E-state index contributed by atoms with van der Waals surface area (Å²) in [5.41, 5.74) is 1.47. The fourth-order valence-corrected chi connectivity index (χ4v) is 1.64. The van der Waals surface area contributed by atoms with E-state index >= 15 is 0 Å². The van der Waals surface area contributed by atoms with E-state index in [0.717, 1.165) is 5.56 Å². The third-order valence-electron chi connectivity index (χ3n) is 2.43. The molecule has 0 aromatic heterocycles. The zero-order chi connectivity index (χ0) is 12.1. The average Bonchev–Trinajstić information content (AvgIpc) is 2.28. The fraction of sp³-hybridized carbons (Fsp3) is 0.417. The Morgan fingerprint density at radius 1 is 1.31 bits per heavy atom. The highest BCUT2D eigenvalue weighted by Gasteiger charge is 2.15. The number of likely N-dealkylation sites (N-methyl/N-ethyl adjacent to an activating group) is 1. The monoisotopic (exact) mass is 223 g/mol. The number of hydrogen-bond donors (Lipinski definition) is 1. The van der Waals surface area contributed by atoms with Crippen molar-refractivity contribution in [2.75, 3.05) is 27.8 Å². The van der Waals surface area contributed by atoms with E-state index in [1.165, 1.54) is 0 Å². The lowest BCUT2D eigenvalue weighted by Crippen LogP contribution is -2.19. The molecular formula is C12H17NO3. The van der Waals surface area contributed by atoms with Gasteiger partial charge in [-0.15, -0.1) is 0 Å². The normalized spacial score (nSPS) is 10.0. The average molecular weight is 223 g/mol. The van der Waals surface area contributed by atoms with Crippen molar-refractivity contribution in [2.45, 2.75) is 6.92 Å². The Bertz CT molecular complexity index is 388. The maximum atomic E-state index is 11.8. The van der Waals surface area contributed by atoms with Crippen LogP contribution in [0.25, 0.3) is 0 Å². The van der Waals surface area contributed by atoms with Crippen molar-refractivity contribution >= 4 is 5.78 Å². The van der Waals surface area contributed by atoms with Gasteiger partial charge in [0.1, 0.15) is 0 Å². The number of ketones is 1. The molecule has 0 aliphatic heterocycles. The molecular weight excluding hydrogens is 206 g/mol.